The van der Waals surface area contributed by atoms with Crippen LogP contribution in [0, 0.1) is 0 Å². The molecule has 1 amide bonds. The molecule has 5 heteroatoms. The van der Waals surface area contributed by atoms with Crippen molar-refractivity contribution in [2.75, 3.05) is 26.2 Å². The molecule has 1 aliphatic carbocycles. The average molecular weight is 316 g/mol. The predicted molar refractivity (Wildman–Crippen MR) is 87.4 cm³/mol. The van der Waals surface area contributed by atoms with Crippen LogP contribution in [0.25, 0.3) is 0 Å². The first kappa shape index (κ1) is 16.0. The van der Waals surface area contributed by atoms with E-state index in [2.05, 4.69) is 12.1 Å². The van der Waals surface area contributed by atoms with Crippen LogP contribution in [0.15, 0.2) is 24.3 Å². The Kier molecular flexibility index (Phi) is 4.66. The third kappa shape index (κ3) is 3.24. The molecule has 1 atom stereocenters. The molecule has 0 aromatic heterocycles. The number of carbonyl (C=O) groups excluding carboxylic acids is 1. The van der Waals surface area contributed by atoms with E-state index in [1.54, 1.807) is 0 Å². The molecule has 1 saturated heterocycles. The number of rotatable bonds is 5. The van der Waals surface area contributed by atoms with E-state index in [-0.39, 0.29) is 24.4 Å². The van der Waals surface area contributed by atoms with Gasteiger partial charge in [-0.2, -0.15) is 0 Å². The summed E-state index contributed by atoms with van der Waals surface area (Å²) in [6.45, 7) is 4.29. The van der Waals surface area contributed by atoms with E-state index >= 15 is 0 Å². The maximum absolute atomic E-state index is 12.7. The molecule has 23 heavy (non-hydrogen) atoms. The number of carboxylic acids is 1. The second-order valence-electron chi connectivity index (χ2n) is 6.47. The van der Waals surface area contributed by atoms with Crippen molar-refractivity contribution in [1.29, 1.82) is 0 Å². The number of likely N-dealkylation sites (tertiary alicyclic amines) is 1. The molecule has 124 valence electrons. The van der Waals surface area contributed by atoms with Gasteiger partial charge in [0.1, 0.15) is 0 Å². The second kappa shape index (κ2) is 6.71. The van der Waals surface area contributed by atoms with Gasteiger partial charge in [-0.1, -0.05) is 31.2 Å². The molecule has 1 aliphatic heterocycles. The van der Waals surface area contributed by atoms with Gasteiger partial charge in [-0.25, -0.2) is 0 Å². The van der Waals surface area contributed by atoms with Gasteiger partial charge in [0.2, 0.25) is 5.91 Å². The zero-order valence-corrected chi connectivity index (χ0v) is 13.6. The highest BCUT2D eigenvalue weighted by atomic mass is 16.4. The molecule has 0 bridgehead atoms. The molecule has 3 rings (SSSR count). The number of carboxylic acid groups (broad SMARTS) is 1. The Morgan fingerprint density at radius 2 is 1.96 bits per heavy atom. The van der Waals surface area contributed by atoms with Crippen molar-refractivity contribution in [3.05, 3.63) is 35.4 Å². The van der Waals surface area contributed by atoms with Crippen molar-refractivity contribution in [3.63, 3.8) is 0 Å². The highest BCUT2D eigenvalue weighted by Crippen LogP contribution is 2.36. The van der Waals surface area contributed by atoms with Crippen LogP contribution in [0.4, 0.5) is 0 Å². The van der Waals surface area contributed by atoms with E-state index in [0.29, 0.717) is 0 Å². The lowest BCUT2D eigenvalue weighted by atomic mass is 9.76. The van der Waals surface area contributed by atoms with Crippen LogP contribution in [0.5, 0.6) is 0 Å². The number of nitrogens with zero attached hydrogens (tertiary/aromatic N) is 2. The van der Waals surface area contributed by atoms with Gasteiger partial charge >= 0.3 is 5.97 Å². The minimum absolute atomic E-state index is 0.0315. The summed E-state index contributed by atoms with van der Waals surface area (Å²) >= 11 is 0. The van der Waals surface area contributed by atoms with E-state index in [1.165, 1.54) is 11.1 Å². The van der Waals surface area contributed by atoms with Crippen molar-refractivity contribution in [1.82, 2.24) is 9.80 Å². The molecule has 2 aliphatic rings. The van der Waals surface area contributed by atoms with Crippen LogP contribution < -0.4 is 0 Å². The van der Waals surface area contributed by atoms with Crippen molar-refractivity contribution in [2.45, 2.75) is 38.1 Å². The average Bonchev–Trinajstić information content (AvgIpc) is 2.53. The molecule has 1 aromatic rings. The fourth-order valence-corrected chi connectivity index (χ4v) is 3.82. The summed E-state index contributed by atoms with van der Waals surface area (Å²) in [6.07, 6.45) is 2.58. The second-order valence-corrected chi connectivity index (χ2v) is 6.47. The van der Waals surface area contributed by atoms with E-state index in [9.17, 15) is 9.59 Å². The number of carbonyl (C=O) groups is 2. The number of amides is 1. The van der Waals surface area contributed by atoms with Gasteiger partial charge in [-0.15, -0.1) is 0 Å². The first-order valence-electron chi connectivity index (χ1n) is 8.42. The summed E-state index contributed by atoms with van der Waals surface area (Å²) in [6, 6.07) is 8.44. The molecule has 0 spiro atoms. The Bertz CT molecular complexity index is 594. The summed E-state index contributed by atoms with van der Waals surface area (Å²) < 4.78 is 0. The van der Waals surface area contributed by atoms with E-state index in [4.69, 9.17) is 5.11 Å². The fourth-order valence-electron chi connectivity index (χ4n) is 3.82. The quantitative estimate of drug-likeness (QED) is 0.898. The number of piperidine rings is 1. The molecule has 0 radical (unpaired) electrons. The Labute approximate surface area is 136 Å². The third-order valence-corrected chi connectivity index (χ3v) is 5.19. The maximum Gasteiger partial charge on any atom is 0.317 e. The summed E-state index contributed by atoms with van der Waals surface area (Å²) in [4.78, 5) is 27.6. The van der Waals surface area contributed by atoms with Gasteiger partial charge < -0.3 is 10.0 Å². The van der Waals surface area contributed by atoms with Crippen LogP contribution in [-0.4, -0.2) is 59.0 Å². The molecule has 1 fully saturated rings. The topological polar surface area (TPSA) is 60.9 Å². The molecule has 5 nitrogen and oxygen atoms in total. The smallest absolute Gasteiger partial charge is 0.317 e. The van der Waals surface area contributed by atoms with Crippen molar-refractivity contribution < 1.29 is 14.7 Å². The van der Waals surface area contributed by atoms with Gasteiger partial charge in [-0.05, 0) is 36.9 Å². The van der Waals surface area contributed by atoms with Gasteiger partial charge in [0.05, 0.1) is 12.5 Å². The Morgan fingerprint density at radius 1 is 1.26 bits per heavy atom. The summed E-state index contributed by atoms with van der Waals surface area (Å²) in [5.74, 6) is -0.510. The minimum Gasteiger partial charge on any atom is -0.480 e. The van der Waals surface area contributed by atoms with E-state index < -0.39 is 5.97 Å². The first-order chi connectivity index (χ1) is 11.1. The highest BCUT2D eigenvalue weighted by molar-refractivity contribution is 5.87. The Hall–Kier alpha value is -1.88. The Morgan fingerprint density at radius 3 is 2.57 bits per heavy atom. The third-order valence-electron chi connectivity index (χ3n) is 5.19. The van der Waals surface area contributed by atoms with Crippen LogP contribution in [0.3, 0.4) is 0 Å². The number of hydrogen-bond acceptors (Lipinski definition) is 3. The zero-order chi connectivity index (χ0) is 16.4. The molecule has 1 N–H and O–H groups in total. The number of fused-ring (bicyclic) bond motifs is 1. The summed E-state index contributed by atoms with van der Waals surface area (Å²) in [5.41, 5.74) is 2.47. The van der Waals surface area contributed by atoms with Crippen molar-refractivity contribution in [3.8, 4) is 0 Å². The number of likely N-dealkylation sites (N-methyl/N-ethyl adjacent to an activating group) is 1. The first-order valence-corrected chi connectivity index (χ1v) is 8.42. The van der Waals surface area contributed by atoms with E-state index in [0.717, 1.165) is 38.9 Å². The number of aliphatic carboxylic acids is 1. The van der Waals surface area contributed by atoms with Crippen LogP contribution >= 0.6 is 0 Å². The highest BCUT2D eigenvalue weighted by Gasteiger charge is 2.36. The van der Waals surface area contributed by atoms with Crippen LogP contribution in [0.2, 0.25) is 0 Å². The molecule has 1 heterocycles. The lowest BCUT2D eigenvalue weighted by Crippen LogP contribution is -2.49. The monoisotopic (exact) mass is 316 g/mol. The SMILES string of the molecule is CCN(CC(=O)O)C1CCN(C(=O)C2Cc3ccccc32)CC1. The molecule has 1 unspecified atom stereocenters. The fraction of sp³-hybridized carbons (Fsp3) is 0.556. The van der Waals surface area contributed by atoms with Gasteiger partial charge in [0.15, 0.2) is 0 Å². The van der Waals surface area contributed by atoms with Gasteiger partial charge in [0.25, 0.3) is 0 Å². The predicted octanol–water partition coefficient (Wildman–Crippen LogP) is 1.72. The molecule has 0 saturated carbocycles. The van der Waals surface area contributed by atoms with E-state index in [1.807, 2.05) is 28.9 Å². The number of hydrogen-bond donors (Lipinski definition) is 1. The lowest BCUT2D eigenvalue weighted by molar-refractivity contribution is -0.140. The minimum atomic E-state index is -0.781. The summed E-state index contributed by atoms with van der Waals surface area (Å²) in [7, 11) is 0. The summed E-state index contributed by atoms with van der Waals surface area (Å²) in [5, 5.41) is 8.98. The zero-order valence-electron chi connectivity index (χ0n) is 13.6. The van der Waals surface area contributed by atoms with Crippen LogP contribution in [0.1, 0.15) is 36.8 Å². The molecule has 1 aromatic carbocycles. The standard InChI is InChI=1S/C18H24N2O3/c1-2-19(12-17(21)22)14-7-9-20(10-8-14)18(23)16-11-13-5-3-4-6-15(13)16/h3-6,14,16H,2,7-12H2,1H3,(H,21,22). The number of benzene rings is 1. The molecular weight excluding hydrogens is 292 g/mol. The van der Waals surface area contributed by atoms with Gasteiger partial charge in [-0.3, -0.25) is 14.5 Å². The van der Waals surface area contributed by atoms with Crippen molar-refractivity contribution in [2.24, 2.45) is 0 Å². The van der Waals surface area contributed by atoms with Crippen LogP contribution in [-0.2, 0) is 16.0 Å². The van der Waals surface area contributed by atoms with Crippen molar-refractivity contribution >= 4 is 11.9 Å². The normalized spacial score (nSPS) is 21.0. The Balaban J connectivity index is 1.55. The maximum atomic E-state index is 12.7. The molecular formula is C18H24N2O3. The van der Waals surface area contributed by atoms with Gasteiger partial charge in [0, 0.05) is 19.1 Å². The lowest BCUT2D eigenvalue weighted by Gasteiger charge is -2.40. The largest absolute Gasteiger partial charge is 0.480 e.